The van der Waals surface area contributed by atoms with Crippen LogP contribution in [0.2, 0.25) is 5.02 Å². The number of nitrogens with zero attached hydrogens (tertiary/aromatic N) is 3. The van der Waals surface area contributed by atoms with Gasteiger partial charge >= 0.3 is 0 Å². The van der Waals surface area contributed by atoms with Crippen LogP contribution in [0.3, 0.4) is 0 Å². The summed E-state index contributed by atoms with van der Waals surface area (Å²) in [5, 5.41) is 0.587. The van der Waals surface area contributed by atoms with E-state index >= 15 is 0 Å². The molecular weight excluding hydrogens is 414 g/mol. The SMILES string of the molecule is CN(Cc1ccccc1)C1=C(c2ccc(Cl)cc2)C(=O)N(CCN2CCOCC2)C1=O. The van der Waals surface area contributed by atoms with Crippen molar-refractivity contribution in [2.45, 2.75) is 6.54 Å². The van der Waals surface area contributed by atoms with E-state index in [0.29, 0.717) is 54.7 Å². The lowest BCUT2D eigenvalue weighted by molar-refractivity contribution is -0.137. The molecule has 0 aliphatic carbocycles. The van der Waals surface area contributed by atoms with E-state index in [9.17, 15) is 9.59 Å². The Hall–Kier alpha value is -2.67. The smallest absolute Gasteiger partial charge is 0.277 e. The van der Waals surface area contributed by atoms with Gasteiger partial charge in [-0.2, -0.15) is 0 Å². The molecule has 0 bridgehead atoms. The first-order chi connectivity index (χ1) is 15.0. The van der Waals surface area contributed by atoms with Crippen molar-refractivity contribution in [3.63, 3.8) is 0 Å². The molecule has 6 nitrogen and oxygen atoms in total. The van der Waals surface area contributed by atoms with Gasteiger partial charge < -0.3 is 9.64 Å². The zero-order valence-corrected chi connectivity index (χ0v) is 18.3. The Morgan fingerprint density at radius 2 is 1.61 bits per heavy atom. The van der Waals surface area contributed by atoms with Crippen molar-refractivity contribution in [1.82, 2.24) is 14.7 Å². The predicted octanol–water partition coefficient (Wildman–Crippen LogP) is 2.88. The van der Waals surface area contributed by atoms with Gasteiger partial charge in [0.05, 0.1) is 18.8 Å². The number of ether oxygens (including phenoxy) is 1. The fraction of sp³-hybridized carbons (Fsp3) is 0.333. The summed E-state index contributed by atoms with van der Waals surface area (Å²) in [7, 11) is 1.86. The highest BCUT2D eigenvalue weighted by Gasteiger charge is 2.40. The maximum Gasteiger partial charge on any atom is 0.277 e. The van der Waals surface area contributed by atoms with E-state index in [-0.39, 0.29) is 11.8 Å². The number of likely N-dealkylation sites (N-methyl/N-ethyl adjacent to an activating group) is 1. The van der Waals surface area contributed by atoms with E-state index in [1.54, 1.807) is 24.3 Å². The van der Waals surface area contributed by atoms with Crippen LogP contribution in [0.4, 0.5) is 0 Å². The Bertz CT molecular complexity index is 969. The number of amides is 2. The normalized spacial score (nSPS) is 17.5. The number of carbonyl (C=O) groups is 2. The first-order valence-corrected chi connectivity index (χ1v) is 10.8. The van der Waals surface area contributed by atoms with Gasteiger partial charge in [0.2, 0.25) is 0 Å². The zero-order chi connectivity index (χ0) is 21.8. The number of morpholine rings is 1. The molecule has 2 amide bonds. The first-order valence-electron chi connectivity index (χ1n) is 10.5. The molecule has 1 fully saturated rings. The third-order valence-electron chi connectivity index (χ3n) is 5.66. The van der Waals surface area contributed by atoms with Gasteiger partial charge in [-0.25, -0.2) is 0 Å². The molecule has 0 atom stereocenters. The van der Waals surface area contributed by atoms with Crippen LogP contribution in [0, 0.1) is 0 Å². The molecule has 2 aliphatic rings. The average Bonchev–Trinajstić information content (AvgIpc) is 3.04. The molecule has 2 aromatic rings. The second kappa shape index (κ2) is 9.64. The molecule has 1 saturated heterocycles. The fourth-order valence-corrected chi connectivity index (χ4v) is 4.13. The minimum Gasteiger partial charge on any atom is -0.379 e. The molecule has 0 N–H and O–H groups in total. The minimum absolute atomic E-state index is 0.248. The second-order valence-corrected chi connectivity index (χ2v) is 8.22. The zero-order valence-electron chi connectivity index (χ0n) is 17.6. The monoisotopic (exact) mass is 439 g/mol. The van der Waals surface area contributed by atoms with E-state index in [4.69, 9.17) is 16.3 Å². The summed E-state index contributed by atoms with van der Waals surface area (Å²) in [4.78, 5) is 32.3. The Morgan fingerprint density at radius 3 is 2.29 bits per heavy atom. The number of carbonyl (C=O) groups excluding carboxylic acids is 2. The average molecular weight is 440 g/mol. The Kier molecular flexibility index (Phi) is 6.70. The van der Waals surface area contributed by atoms with Gasteiger partial charge in [0.1, 0.15) is 5.70 Å². The topological polar surface area (TPSA) is 53.1 Å². The van der Waals surface area contributed by atoms with E-state index in [1.807, 2.05) is 42.3 Å². The molecule has 0 unspecified atom stereocenters. The lowest BCUT2D eigenvalue weighted by Gasteiger charge is -2.28. The number of rotatable bonds is 7. The molecule has 2 aliphatic heterocycles. The summed E-state index contributed by atoms with van der Waals surface area (Å²) in [5.41, 5.74) is 2.63. The van der Waals surface area contributed by atoms with Gasteiger partial charge in [-0.3, -0.25) is 19.4 Å². The molecule has 7 heteroatoms. The van der Waals surface area contributed by atoms with Crippen molar-refractivity contribution in [2.24, 2.45) is 0 Å². The molecular formula is C24H26ClN3O3. The number of halogens is 1. The van der Waals surface area contributed by atoms with Gasteiger partial charge in [0.25, 0.3) is 11.8 Å². The van der Waals surface area contributed by atoms with Gasteiger partial charge in [0, 0.05) is 44.8 Å². The van der Waals surface area contributed by atoms with Crippen LogP contribution >= 0.6 is 11.6 Å². The van der Waals surface area contributed by atoms with Crippen LogP contribution in [0.15, 0.2) is 60.3 Å². The summed E-state index contributed by atoms with van der Waals surface area (Å²) in [5.74, 6) is -0.503. The molecule has 0 saturated carbocycles. The van der Waals surface area contributed by atoms with Crippen molar-refractivity contribution >= 4 is 29.0 Å². The highest BCUT2D eigenvalue weighted by Crippen LogP contribution is 2.32. The Morgan fingerprint density at radius 1 is 0.935 bits per heavy atom. The van der Waals surface area contributed by atoms with Gasteiger partial charge in [-0.05, 0) is 23.3 Å². The van der Waals surface area contributed by atoms with Crippen molar-refractivity contribution in [1.29, 1.82) is 0 Å². The summed E-state index contributed by atoms with van der Waals surface area (Å²) in [6.07, 6.45) is 0. The molecule has 4 rings (SSSR count). The highest BCUT2D eigenvalue weighted by atomic mass is 35.5. The lowest BCUT2D eigenvalue weighted by atomic mass is 10.0. The Balaban J connectivity index is 1.61. The van der Waals surface area contributed by atoms with Crippen LogP contribution in [-0.2, 0) is 20.9 Å². The molecule has 2 aromatic carbocycles. The van der Waals surface area contributed by atoms with Crippen LogP contribution in [0.25, 0.3) is 5.57 Å². The first kappa shape index (κ1) is 21.6. The van der Waals surface area contributed by atoms with Crippen LogP contribution in [0.1, 0.15) is 11.1 Å². The van der Waals surface area contributed by atoms with Crippen molar-refractivity contribution in [3.05, 3.63) is 76.4 Å². The van der Waals surface area contributed by atoms with E-state index < -0.39 is 0 Å². The highest BCUT2D eigenvalue weighted by molar-refractivity contribution is 6.36. The second-order valence-electron chi connectivity index (χ2n) is 7.79. The number of benzene rings is 2. The van der Waals surface area contributed by atoms with Crippen molar-refractivity contribution in [3.8, 4) is 0 Å². The third kappa shape index (κ3) is 4.82. The minimum atomic E-state index is -0.254. The van der Waals surface area contributed by atoms with Gasteiger partial charge in [0.15, 0.2) is 0 Å². The summed E-state index contributed by atoms with van der Waals surface area (Å²) in [6.45, 7) is 4.52. The van der Waals surface area contributed by atoms with Crippen LogP contribution in [-0.4, -0.2) is 73.0 Å². The molecule has 0 spiro atoms. The summed E-state index contributed by atoms with van der Waals surface area (Å²) < 4.78 is 5.39. The van der Waals surface area contributed by atoms with Gasteiger partial charge in [-0.1, -0.05) is 54.1 Å². The largest absolute Gasteiger partial charge is 0.379 e. The van der Waals surface area contributed by atoms with E-state index in [0.717, 1.165) is 18.7 Å². The molecule has 0 aromatic heterocycles. The van der Waals surface area contributed by atoms with Crippen LogP contribution in [0.5, 0.6) is 0 Å². The standard InChI is InChI=1S/C24H26ClN3O3/c1-26(17-18-5-3-2-4-6-18)22-21(19-7-9-20(25)10-8-19)23(29)28(24(22)30)12-11-27-13-15-31-16-14-27/h2-10H,11-17H2,1H3. The quantitative estimate of drug-likeness (QED) is 0.621. The Labute approximate surface area is 187 Å². The lowest BCUT2D eigenvalue weighted by Crippen LogP contribution is -2.43. The third-order valence-corrected chi connectivity index (χ3v) is 5.92. The molecule has 0 radical (unpaired) electrons. The van der Waals surface area contributed by atoms with E-state index in [2.05, 4.69) is 4.90 Å². The van der Waals surface area contributed by atoms with Crippen molar-refractivity contribution < 1.29 is 14.3 Å². The van der Waals surface area contributed by atoms with E-state index in [1.165, 1.54) is 4.90 Å². The molecule has 162 valence electrons. The number of hydrogen-bond acceptors (Lipinski definition) is 5. The summed E-state index contributed by atoms with van der Waals surface area (Å²) in [6, 6.07) is 17.0. The maximum absolute atomic E-state index is 13.4. The number of hydrogen-bond donors (Lipinski definition) is 0. The predicted molar refractivity (Wildman–Crippen MR) is 120 cm³/mol. The number of imide groups is 1. The fourth-order valence-electron chi connectivity index (χ4n) is 4.00. The maximum atomic E-state index is 13.4. The summed E-state index contributed by atoms with van der Waals surface area (Å²) >= 11 is 6.05. The van der Waals surface area contributed by atoms with Crippen molar-refractivity contribution in [2.75, 3.05) is 46.4 Å². The molecule has 31 heavy (non-hydrogen) atoms. The van der Waals surface area contributed by atoms with Crippen LogP contribution < -0.4 is 0 Å². The molecule has 2 heterocycles. The van der Waals surface area contributed by atoms with Gasteiger partial charge in [-0.15, -0.1) is 0 Å².